The molecule has 1 saturated carbocycles. The quantitative estimate of drug-likeness (QED) is 0.930. The van der Waals surface area contributed by atoms with Gasteiger partial charge in [-0.3, -0.25) is 4.40 Å². The van der Waals surface area contributed by atoms with Crippen LogP contribution in [0.25, 0.3) is 5.65 Å². The summed E-state index contributed by atoms with van der Waals surface area (Å²) in [5.41, 5.74) is 0.826. The molecule has 2 aromatic rings. The standard InChI is InChI=1S/C13H19N5S/c1-3-19-11-5-4-10(8-11)15-12-13-17-16-9(2)18(13)7-6-14-12/h6-7,10-11H,3-5,8H2,1-2H3,(H,14,15). The number of fused-ring (bicyclic) bond motifs is 1. The summed E-state index contributed by atoms with van der Waals surface area (Å²) >= 11 is 2.07. The largest absolute Gasteiger partial charge is 0.364 e. The summed E-state index contributed by atoms with van der Waals surface area (Å²) in [5, 5.41) is 12.6. The maximum Gasteiger partial charge on any atom is 0.203 e. The van der Waals surface area contributed by atoms with Gasteiger partial charge in [0, 0.05) is 23.7 Å². The summed E-state index contributed by atoms with van der Waals surface area (Å²) in [7, 11) is 0. The molecule has 6 heteroatoms. The molecule has 1 fully saturated rings. The van der Waals surface area contributed by atoms with E-state index < -0.39 is 0 Å². The van der Waals surface area contributed by atoms with Crippen molar-refractivity contribution in [2.45, 2.75) is 44.4 Å². The Morgan fingerprint density at radius 2 is 2.32 bits per heavy atom. The highest BCUT2D eigenvalue weighted by atomic mass is 32.2. The minimum atomic E-state index is 0.514. The summed E-state index contributed by atoms with van der Waals surface area (Å²) in [6.07, 6.45) is 7.44. The van der Waals surface area contributed by atoms with Gasteiger partial charge in [0.05, 0.1) is 0 Å². The lowest BCUT2D eigenvalue weighted by molar-refractivity contribution is 0.751. The van der Waals surface area contributed by atoms with Crippen molar-refractivity contribution in [2.75, 3.05) is 11.1 Å². The Labute approximate surface area is 117 Å². The molecule has 1 N–H and O–H groups in total. The number of hydrogen-bond acceptors (Lipinski definition) is 5. The molecule has 5 nitrogen and oxygen atoms in total. The van der Waals surface area contributed by atoms with Crippen LogP contribution in [-0.4, -0.2) is 36.6 Å². The van der Waals surface area contributed by atoms with Crippen LogP contribution in [0.3, 0.4) is 0 Å². The summed E-state index contributed by atoms with van der Waals surface area (Å²) in [6, 6.07) is 0.514. The highest BCUT2D eigenvalue weighted by molar-refractivity contribution is 7.99. The number of rotatable bonds is 4. The summed E-state index contributed by atoms with van der Waals surface area (Å²) in [5.74, 6) is 2.95. The third-order valence-corrected chi connectivity index (χ3v) is 4.86. The number of aryl methyl sites for hydroxylation is 1. The van der Waals surface area contributed by atoms with Crippen LogP contribution < -0.4 is 5.32 Å². The summed E-state index contributed by atoms with van der Waals surface area (Å²) in [4.78, 5) is 4.41. The average Bonchev–Trinajstić information content (AvgIpc) is 2.99. The Bertz CT molecular complexity index is 567. The Morgan fingerprint density at radius 3 is 3.16 bits per heavy atom. The summed E-state index contributed by atoms with van der Waals surface area (Å²) in [6.45, 7) is 4.18. The van der Waals surface area contributed by atoms with E-state index in [1.165, 1.54) is 25.0 Å². The van der Waals surface area contributed by atoms with Crippen molar-refractivity contribution in [2.24, 2.45) is 0 Å². The van der Waals surface area contributed by atoms with E-state index in [9.17, 15) is 0 Å². The van der Waals surface area contributed by atoms with Crippen LogP contribution in [0.1, 0.15) is 32.0 Å². The van der Waals surface area contributed by atoms with E-state index in [0.717, 1.165) is 22.5 Å². The first kappa shape index (κ1) is 12.7. The Morgan fingerprint density at radius 1 is 1.42 bits per heavy atom. The van der Waals surface area contributed by atoms with Gasteiger partial charge in [-0.05, 0) is 31.9 Å². The molecule has 0 radical (unpaired) electrons. The number of nitrogens with one attached hydrogen (secondary N) is 1. The molecule has 3 rings (SSSR count). The Balaban J connectivity index is 1.75. The third-order valence-electron chi connectivity index (χ3n) is 3.63. The first-order chi connectivity index (χ1) is 9.28. The fourth-order valence-electron chi connectivity index (χ4n) is 2.69. The van der Waals surface area contributed by atoms with Gasteiger partial charge in [0.2, 0.25) is 5.65 Å². The van der Waals surface area contributed by atoms with Crippen LogP contribution in [0.5, 0.6) is 0 Å². The van der Waals surface area contributed by atoms with E-state index >= 15 is 0 Å². The van der Waals surface area contributed by atoms with Crippen LogP contribution in [0, 0.1) is 6.92 Å². The number of hydrogen-bond donors (Lipinski definition) is 1. The smallest absolute Gasteiger partial charge is 0.203 e. The maximum absolute atomic E-state index is 4.41. The van der Waals surface area contributed by atoms with E-state index in [1.54, 1.807) is 6.20 Å². The van der Waals surface area contributed by atoms with Crippen molar-refractivity contribution < 1.29 is 0 Å². The van der Waals surface area contributed by atoms with Crippen molar-refractivity contribution in [1.82, 2.24) is 19.6 Å². The lowest BCUT2D eigenvalue weighted by Crippen LogP contribution is -2.17. The van der Waals surface area contributed by atoms with E-state index in [2.05, 4.69) is 39.2 Å². The van der Waals surface area contributed by atoms with Crippen LogP contribution >= 0.6 is 11.8 Å². The first-order valence-electron chi connectivity index (χ1n) is 6.82. The first-order valence-corrected chi connectivity index (χ1v) is 7.87. The van der Waals surface area contributed by atoms with Crippen molar-refractivity contribution in [1.29, 1.82) is 0 Å². The Hall–Kier alpha value is -1.30. The van der Waals surface area contributed by atoms with Gasteiger partial charge in [-0.15, -0.1) is 10.2 Å². The van der Waals surface area contributed by atoms with Crippen molar-refractivity contribution in [3.63, 3.8) is 0 Å². The van der Waals surface area contributed by atoms with Crippen molar-refractivity contribution >= 4 is 23.2 Å². The molecule has 0 aromatic carbocycles. The fraction of sp³-hybridized carbons (Fsp3) is 0.615. The zero-order valence-corrected chi connectivity index (χ0v) is 12.2. The SMILES string of the molecule is CCSC1CCC(Nc2nccn3c(C)nnc23)C1. The van der Waals surface area contributed by atoms with E-state index in [0.29, 0.717) is 6.04 Å². The minimum Gasteiger partial charge on any atom is -0.364 e. The number of nitrogens with zero attached hydrogens (tertiary/aromatic N) is 4. The number of aromatic nitrogens is 4. The highest BCUT2D eigenvalue weighted by Gasteiger charge is 2.25. The molecule has 0 saturated heterocycles. The van der Waals surface area contributed by atoms with Crippen LogP contribution in [0.2, 0.25) is 0 Å². The second-order valence-corrected chi connectivity index (χ2v) is 6.53. The molecule has 19 heavy (non-hydrogen) atoms. The predicted molar refractivity (Wildman–Crippen MR) is 78.7 cm³/mol. The maximum atomic E-state index is 4.41. The van der Waals surface area contributed by atoms with Gasteiger partial charge in [0.25, 0.3) is 0 Å². The molecule has 0 spiro atoms. The van der Waals surface area contributed by atoms with Crippen molar-refractivity contribution in [3.05, 3.63) is 18.2 Å². The molecule has 2 unspecified atom stereocenters. The second-order valence-electron chi connectivity index (χ2n) is 4.95. The van der Waals surface area contributed by atoms with E-state index in [-0.39, 0.29) is 0 Å². The zero-order valence-electron chi connectivity index (χ0n) is 11.3. The molecule has 2 heterocycles. The molecule has 1 aliphatic rings. The van der Waals surface area contributed by atoms with E-state index in [4.69, 9.17) is 0 Å². The fourth-order valence-corrected chi connectivity index (χ4v) is 3.84. The molecule has 2 atom stereocenters. The van der Waals surface area contributed by atoms with Crippen molar-refractivity contribution in [3.8, 4) is 0 Å². The van der Waals surface area contributed by atoms with Gasteiger partial charge in [0.1, 0.15) is 5.82 Å². The monoisotopic (exact) mass is 277 g/mol. The van der Waals surface area contributed by atoms with Gasteiger partial charge in [0.15, 0.2) is 5.82 Å². The molecular formula is C13H19N5S. The van der Waals surface area contributed by atoms with Gasteiger partial charge < -0.3 is 5.32 Å². The molecular weight excluding hydrogens is 258 g/mol. The topological polar surface area (TPSA) is 55.1 Å². The van der Waals surface area contributed by atoms with Crippen LogP contribution in [0.4, 0.5) is 5.82 Å². The number of anilines is 1. The molecule has 2 aromatic heterocycles. The third kappa shape index (κ3) is 2.54. The molecule has 0 bridgehead atoms. The normalized spacial score (nSPS) is 23.1. The lowest BCUT2D eigenvalue weighted by Gasteiger charge is -2.13. The second kappa shape index (κ2) is 5.36. The number of thioether (sulfide) groups is 1. The summed E-state index contributed by atoms with van der Waals surface area (Å²) < 4.78 is 1.97. The molecule has 102 valence electrons. The van der Waals surface area contributed by atoms with Gasteiger partial charge in [-0.25, -0.2) is 4.98 Å². The van der Waals surface area contributed by atoms with Crippen LogP contribution in [0.15, 0.2) is 12.4 Å². The van der Waals surface area contributed by atoms with Gasteiger partial charge >= 0.3 is 0 Å². The van der Waals surface area contributed by atoms with Crippen LogP contribution in [-0.2, 0) is 0 Å². The van der Waals surface area contributed by atoms with E-state index in [1.807, 2.05) is 17.5 Å². The molecule has 0 aliphatic heterocycles. The lowest BCUT2D eigenvalue weighted by atomic mass is 10.2. The average molecular weight is 277 g/mol. The van der Waals surface area contributed by atoms with Gasteiger partial charge in [-0.1, -0.05) is 6.92 Å². The predicted octanol–water partition coefficient (Wildman–Crippen LogP) is 2.52. The van der Waals surface area contributed by atoms with Gasteiger partial charge in [-0.2, -0.15) is 11.8 Å². The highest BCUT2D eigenvalue weighted by Crippen LogP contribution is 2.31. The minimum absolute atomic E-state index is 0.514. The Kier molecular flexibility index (Phi) is 3.59. The zero-order chi connectivity index (χ0) is 13.2. The molecule has 1 aliphatic carbocycles. The molecule has 0 amide bonds.